The van der Waals surface area contributed by atoms with Crippen LogP contribution in [0.3, 0.4) is 0 Å². The lowest BCUT2D eigenvalue weighted by atomic mass is 10.1. The van der Waals surface area contributed by atoms with E-state index in [1.165, 1.54) is 12.1 Å². The van der Waals surface area contributed by atoms with Crippen molar-refractivity contribution in [1.29, 1.82) is 10.5 Å². The average molecular weight is 158 g/mol. The second kappa shape index (κ2) is 2.81. The Kier molecular flexibility index (Phi) is 1.85. The molecule has 0 amide bonds. The number of nitrogens with two attached hydrogens (primary N) is 2. The molecule has 4 heteroatoms. The van der Waals surface area contributed by atoms with Crippen molar-refractivity contribution in [1.82, 2.24) is 0 Å². The van der Waals surface area contributed by atoms with Gasteiger partial charge in [0, 0.05) is 0 Å². The number of rotatable bonds is 0. The van der Waals surface area contributed by atoms with E-state index in [0.29, 0.717) is 5.69 Å². The minimum atomic E-state index is 0.153. The molecule has 58 valence electrons. The van der Waals surface area contributed by atoms with E-state index < -0.39 is 0 Å². The van der Waals surface area contributed by atoms with Crippen LogP contribution in [0.1, 0.15) is 11.1 Å². The van der Waals surface area contributed by atoms with Gasteiger partial charge in [0.05, 0.1) is 22.5 Å². The first kappa shape index (κ1) is 7.90. The molecule has 1 aromatic carbocycles. The lowest BCUT2D eigenvalue weighted by Gasteiger charge is -2.01. The molecule has 0 aromatic heterocycles. The van der Waals surface area contributed by atoms with E-state index in [2.05, 4.69) is 0 Å². The molecule has 0 aliphatic carbocycles. The molecule has 0 unspecified atom stereocenters. The first-order valence-electron chi connectivity index (χ1n) is 3.19. The van der Waals surface area contributed by atoms with Gasteiger partial charge in [-0.05, 0) is 12.1 Å². The minimum absolute atomic E-state index is 0.153. The summed E-state index contributed by atoms with van der Waals surface area (Å²) in [7, 11) is 0. The monoisotopic (exact) mass is 158 g/mol. The summed E-state index contributed by atoms with van der Waals surface area (Å²) in [5.74, 6) is 0. The first-order chi connectivity index (χ1) is 5.70. The molecular formula is C8H6N4. The summed E-state index contributed by atoms with van der Waals surface area (Å²) in [6, 6.07) is 6.69. The number of hydrogen-bond donors (Lipinski definition) is 2. The summed E-state index contributed by atoms with van der Waals surface area (Å²) in [6.07, 6.45) is 0. The van der Waals surface area contributed by atoms with Crippen molar-refractivity contribution in [2.75, 3.05) is 11.5 Å². The Labute approximate surface area is 69.6 Å². The van der Waals surface area contributed by atoms with E-state index in [4.69, 9.17) is 22.0 Å². The summed E-state index contributed by atoms with van der Waals surface area (Å²) in [5, 5.41) is 17.1. The highest BCUT2D eigenvalue weighted by atomic mass is 14.6. The molecule has 1 aromatic rings. The van der Waals surface area contributed by atoms with E-state index >= 15 is 0 Å². The predicted molar refractivity (Wildman–Crippen MR) is 44.7 cm³/mol. The molecule has 0 atom stereocenters. The molecule has 0 bridgehead atoms. The largest absolute Gasteiger partial charge is 0.398 e. The number of hydrogen-bond acceptors (Lipinski definition) is 4. The van der Waals surface area contributed by atoms with Crippen molar-refractivity contribution in [3.8, 4) is 12.1 Å². The fourth-order valence-electron chi connectivity index (χ4n) is 0.859. The van der Waals surface area contributed by atoms with E-state index in [0.717, 1.165) is 0 Å². The Hall–Kier alpha value is -2.20. The predicted octanol–water partition coefficient (Wildman–Crippen LogP) is 0.594. The van der Waals surface area contributed by atoms with Gasteiger partial charge in [-0.25, -0.2) is 0 Å². The second-order valence-electron chi connectivity index (χ2n) is 2.21. The third-order valence-corrected chi connectivity index (χ3v) is 1.51. The SMILES string of the molecule is N#Cc1ccc(N)c(C#N)c1N. The van der Waals surface area contributed by atoms with Gasteiger partial charge in [0.25, 0.3) is 0 Å². The third-order valence-electron chi connectivity index (χ3n) is 1.51. The Morgan fingerprint density at radius 2 is 1.75 bits per heavy atom. The molecule has 0 aliphatic heterocycles. The van der Waals surface area contributed by atoms with Crippen LogP contribution in [0.25, 0.3) is 0 Å². The van der Waals surface area contributed by atoms with Gasteiger partial charge >= 0.3 is 0 Å². The third kappa shape index (κ3) is 1.02. The summed E-state index contributed by atoms with van der Waals surface area (Å²) < 4.78 is 0. The van der Waals surface area contributed by atoms with Crippen LogP contribution in [0.15, 0.2) is 12.1 Å². The molecule has 0 spiro atoms. The number of nitriles is 2. The number of nitrogens with zero attached hydrogens (tertiary/aromatic N) is 2. The zero-order chi connectivity index (χ0) is 9.14. The molecular weight excluding hydrogens is 152 g/mol. The van der Waals surface area contributed by atoms with Gasteiger partial charge in [-0.3, -0.25) is 0 Å². The van der Waals surface area contributed by atoms with Crippen molar-refractivity contribution in [2.45, 2.75) is 0 Å². The van der Waals surface area contributed by atoms with E-state index in [1.807, 2.05) is 12.1 Å². The first-order valence-corrected chi connectivity index (χ1v) is 3.19. The van der Waals surface area contributed by atoms with Crippen LogP contribution in [0, 0.1) is 22.7 Å². The highest BCUT2D eigenvalue weighted by Gasteiger charge is 2.06. The van der Waals surface area contributed by atoms with Gasteiger partial charge < -0.3 is 11.5 Å². The van der Waals surface area contributed by atoms with Crippen molar-refractivity contribution < 1.29 is 0 Å². The molecule has 4 nitrogen and oxygen atoms in total. The van der Waals surface area contributed by atoms with Gasteiger partial charge in [-0.15, -0.1) is 0 Å². The van der Waals surface area contributed by atoms with E-state index in [1.54, 1.807) is 0 Å². The minimum Gasteiger partial charge on any atom is -0.398 e. The fourth-order valence-corrected chi connectivity index (χ4v) is 0.859. The van der Waals surface area contributed by atoms with Crippen LogP contribution >= 0.6 is 0 Å². The lowest BCUT2D eigenvalue weighted by molar-refractivity contribution is 1.45. The van der Waals surface area contributed by atoms with Crippen LogP contribution in [0.5, 0.6) is 0 Å². The second-order valence-corrected chi connectivity index (χ2v) is 2.21. The molecule has 12 heavy (non-hydrogen) atoms. The number of benzene rings is 1. The van der Waals surface area contributed by atoms with Crippen LogP contribution in [-0.2, 0) is 0 Å². The maximum atomic E-state index is 8.60. The summed E-state index contributed by atoms with van der Waals surface area (Å²) in [4.78, 5) is 0. The van der Waals surface area contributed by atoms with Gasteiger partial charge in [0.2, 0.25) is 0 Å². The highest BCUT2D eigenvalue weighted by Crippen LogP contribution is 2.21. The normalized spacial score (nSPS) is 8.50. The molecule has 1 rings (SSSR count). The van der Waals surface area contributed by atoms with Crippen molar-refractivity contribution >= 4 is 11.4 Å². The maximum absolute atomic E-state index is 8.60. The number of anilines is 2. The fraction of sp³-hybridized carbons (Fsp3) is 0. The van der Waals surface area contributed by atoms with Gasteiger partial charge in [0.1, 0.15) is 12.1 Å². The van der Waals surface area contributed by atoms with Crippen LogP contribution in [0.2, 0.25) is 0 Å². The number of nitrogen functional groups attached to an aromatic ring is 2. The van der Waals surface area contributed by atoms with Crippen LogP contribution in [-0.4, -0.2) is 0 Å². The standard InChI is InChI=1S/C8H6N4/c9-3-5-1-2-7(11)6(4-10)8(5)12/h1-2H,11-12H2. The summed E-state index contributed by atoms with van der Waals surface area (Å²) >= 11 is 0. The van der Waals surface area contributed by atoms with Crippen molar-refractivity contribution in [3.63, 3.8) is 0 Å². The zero-order valence-electron chi connectivity index (χ0n) is 6.20. The topological polar surface area (TPSA) is 99.6 Å². The van der Waals surface area contributed by atoms with E-state index in [-0.39, 0.29) is 16.8 Å². The Morgan fingerprint density at radius 3 is 2.25 bits per heavy atom. The zero-order valence-corrected chi connectivity index (χ0v) is 6.20. The molecule has 0 aliphatic rings. The lowest BCUT2D eigenvalue weighted by Crippen LogP contribution is -1.99. The quantitative estimate of drug-likeness (QED) is 0.540. The average Bonchev–Trinajstić information content (AvgIpc) is 2.06. The van der Waals surface area contributed by atoms with Crippen LogP contribution in [0.4, 0.5) is 11.4 Å². The van der Waals surface area contributed by atoms with Crippen LogP contribution < -0.4 is 11.5 Å². The summed E-state index contributed by atoms with van der Waals surface area (Å²) in [6.45, 7) is 0. The van der Waals surface area contributed by atoms with Crippen molar-refractivity contribution in [3.05, 3.63) is 23.3 Å². The Bertz CT molecular complexity index is 395. The smallest absolute Gasteiger partial charge is 0.104 e. The molecule has 4 N–H and O–H groups in total. The van der Waals surface area contributed by atoms with Gasteiger partial charge in [-0.2, -0.15) is 10.5 Å². The molecule has 0 saturated carbocycles. The maximum Gasteiger partial charge on any atom is 0.104 e. The Morgan fingerprint density at radius 1 is 1.08 bits per heavy atom. The van der Waals surface area contributed by atoms with Crippen molar-refractivity contribution in [2.24, 2.45) is 0 Å². The highest BCUT2D eigenvalue weighted by molar-refractivity contribution is 5.73. The molecule has 0 radical (unpaired) electrons. The molecule has 0 fully saturated rings. The summed E-state index contributed by atoms with van der Waals surface area (Å²) in [5.41, 5.74) is 11.8. The van der Waals surface area contributed by atoms with Gasteiger partial charge in [0.15, 0.2) is 0 Å². The molecule has 0 saturated heterocycles. The molecule has 0 heterocycles. The Balaban J connectivity index is 3.50. The van der Waals surface area contributed by atoms with Gasteiger partial charge in [-0.1, -0.05) is 0 Å². The van der Waals surface area contributed by atoms with E-state index in [9.17, 15) is 0 Å².